The second-order valence-corrected chi connectivity index (χ2v) is 6.75. The number of fused-ring (bicyclic) bond motifs is 1. The van der Waals surface area contributed by atoms with E-state index in [4.69, 9.17) is 4.98 Å². The summed E-state index contributed by atoms with van der Waals surface area (Å²) in [6.07, 6.45) is 9.33. The first kappa shape index (κ1) is 14.1. The first-order chi connectivity index (χ1) is 9.79. The van der Waals surface area contributed by atoms with E-state index in [0.29, 0.717) is 0 Å². The maximum absolute atomic E-state index is 5.06. The summed E-state index contributed by atoms with van der Waals surface area (Å²) < 4.78 is 2.61. The van der Waals surface area contributed by atoms with Gasteiger partial charge < -0.3 is 9.88 Å². The minimum atomic E-state index is 0.721. The van der Waals surface area contributed by atoms with Gasteiger partial charge in [-0.25, -0.2) is 4.98 Å². The third-order valence-electron chi connectivity index (χ3n) is 5.18. The highest BCUT2D eigenvalue weighted by Gasteiger charge is 2.26. The Balaban J connectivity index is 1.92. The molecule has 1 aromatic heterocycles. The van der Waals surface area contributed by atoms with Crippen LogP contribution in [-0.4, -0.2) is 16.1 Å². The summed E-state index contributed by atoms with van der Waals surface area (Å²) in [7, 11) is 0. The van der Waals surface area contributed by atoms with Crippen LogP contribution in [0.3, 0.4) is 0 Å². The van der Waals surface area contributed by atoms with Gasteiger partial charge >= 0.3 is 0 Å². The van der Waals surface area contributed by atoms with Crippen LogP contribution in [0.5, 0.6) is 0 Å². The molecule has 1 saturated carbocycles. The normalized spacial score (nSPS) is 21.7. The van der Waals surface area contributed by atoms with Gasteiger partial charge in [0, 0.05) is 37.7 Å². The molecule has 0 saturated heterocycles. The van der Waals surface area contributed by atoms with Gasteiger partial charge in [-0.1, -0.05) is 39.5 Å². The van der Waals surface area contributed by atoms with Gasteiger partial charge in [-0.3, -0.25) is 0 Å². The zero-order valence-electron chi connectivity index (χ0n) is 13.1. The van der Waals surface area contributed by atoms with Gasteiger partial charge in [0.15, 0.2) is 0 Å². The van der Waals surface area contributed by atoms with E-state index in [-0.39, 0.29) is 0 Å². The second-order valence-electron chi connectivity index (χ2n) is 6.75. The summed E-state index contributed by atoms with van der Waals surface area (Å²) in [6, 6.07) is 0. The number of imidazole rings is 1. The average Bonchev–Trinajstić information content (AvgIpc) is 2.87. The Morgan fingerprint density at radius 1 is 1.30 bits per heavy atom. The minimum Gasteiger partial charge on any atom is -0.331 e. The third kappa shape index (κ3) is 2.78. The van der Waals surface area contributed by atoms with Gasteiger partial charge in [-0.2, -0.15) is 0 Å². The van der Waals surface area contributed by atoms with Crippen LogP contribution >= 0.6 is 0 Å². The molecule has 3 nitrogen and oxygen atoms in total. The quantitative estimate of drug-likeness (QED) is 0.909. The van der Waals surface area contributed by atoms with E-state index in [1.807, 2.05) is 0 Å². The maximum atomic E-state index is 5.06. The predicted molar refractivity (Wildman–Crippen MR) is 82.9 cm³/mol. The van der Waals surface area contributed by atoms with E-state index in [1.54, 1.807) is 0 Å². The average molecular weight is 275 g/mol. The molecule has 3 rings (SSSR count). The van der Waals surface area contributed by atoms with Gasteiger partial charge in [-0.05, 0) is 18.8 Å². The van der Waals surface area contributed by atoms with Gasteiger partial charge in [0.1, 0.15) is 5.82 Å². The molecule has 1 aromatic rings. The van der Waals surface area contributed by atoms with Crippen molar-refractivity contribution in [2.24, 2.45) is 5.92 Å². The first-order valence-corrected chi connectivity index (χ1v) is 8.58. The molecule has 20 heavy (non-hydrogen) atoms. The van der Waals surface area contributed by atoms with Crippen molar-refractivity contribution >= 4 is 0 Å². The topological polar surface area (TPSA) is 29.9 Å². The number of hydrogen-bond acceptors (Lipinski definition) is 2. The number of nitrogens with one attached hydrogen (secondary N) is 1. The van der Waals surface area contributed by atoms with Crippen LogP contribution < -0.4 is 5.32 Å². The summed E-state index contributed by atoms with van der Waals surface area (Å²) in [5.74, 6) is 2.89. The van der Waals surface area contributed by atoms with Crippen molar-refractivity contribution in [3.05, 3.63) is 17.2 Å². The third-order valence-corrected chi connectivity index (χ3v) is 5.18. The van der Waals surface area contributed by atoms with Gasteiger partial charge in [0.2, 0.25) is 0 Å². The SMILES string of the molecule is CCC(C)Cn1c(C2CCCCC2)nc2c1CCNC2. The van der Waals surface area contributed by atoms with Crippen molar-refractivity contribution in [1.29, 1.82) is 0 Å². The van der Waals surface area contributed by atoms with Crippen molar-refractivity contribution in [2.75, 3.05) is 6.54 Å². The van der Waals surface area contributed by atoms with Crippen molar-refractivity contribution < 1.29 is 0 Å². The van der Waals surface area contributed by atoms with Crippen molar-refractivity contribution in [3.63, 3.8) is 0 Å². The molecule has 2 heterocycles. The van der Waals surface area contributed by atoms with Gasteiger partial charge in [0.05, 0.1) is 5.69 Å². The van der Waals surface area contributed by atoms with Gasteiger partial charge in [-0.15, -0.1) is 0 Å². The highest BCUT2D eigenvalue weighted by molar-refractivity contribution is 5.22. The van der Waals surface area contributed by atoms with Crippen molar-refractivity contribution in [3.8, 4) is 0 Å². The summed E-state index contributed by atoms with van der Waals surface area (Å²) >= 11 is 0. The molecule has 1 fully saturated rings. The fraction of sp³-hybridized carbons (Fsp3) is 0.824. The zero-order valence-corrected chi connectivity index (χ0v) is 13.1. The molecule has 0 radical (unpaired) electrons. The molecule has 1 aliphatic carbocycles. The molecule has 3 heteroatoms. The Morgan fingerprint density at radius 3 is 2.85 bits per heavy atom. The Morgan fingerprint density at radius 2 is 2.10 bits per heavy atom. The van der Waals surface area contributed by atoms with Crippen molar-refractivity contribution in [2.45, 2.75) is 77.8 Å². The summed E-state index contributed by atoms with van der Waals surface area (Å²) in [4.78, 5) is 5.06. The Labute approximate surface area is 123 Å². The van der Waals surface area contributed by atoms with E-state index in [1.165, 1.54) is 62.3 Å². The lowest BCUT2D eigenvalue weighted by Crippen LogP contribution is -2.26. The molecule has 1 unspecified atom stereocenters. The summed E-state index contributed by atoms with van der Waals surface area (Å²) in [5.41, 5.74) is 2.87. The van der Waals surface area contributed by atoms with Gasteiger partial charge in [0.25, 0.3) is 0 Å². The minimum absolute atomic E-state index is 0.721. The first-order valence-electron chi connectivity index (χ1n) is 8.58. The largest absolute Gasteiger partial charge is 0.331 e. The maximum Gasteiger partial charge on any atom is 0.112 e. The summed E-state index contributed by atoms with van der Waals surface area (Å²) in [6.45, 7) is 7.94. The number of aromatic nitrogens is 2. The van der Waals surface area contributed by atoms with E-state index < -0.39 is 0 Å². The molecule has 0 bridgehead atoms. The highest BCUT2D eigenvalue weighted by Crippen LogP contribution is 2.34. The number of nitrogens with zero attached hydrogens (tertiary/aromatic N) is 2. The van der Waals surface area contributed by atoms with Crippen LogP contribution in [0, 0.1) is 5.92 Å². The van der Waals surface area contributed by atoms with Crippen LogP contribution in [0.25, 0.3) is 0 Å². The number of rotatable bonds is 4. The lowest BCUT2D eigenvalue weighted by molar-refractivity contribution is 0.389. The fourth-order valence-electron chi connectivity index (χ4n) is 3.71. The Hall–Kier alpha value is -0.830. The molecule has 0 spiro atoms. The van der Waals surface area contributed by atoms with Crippen molar-refractivity contribution in [1.82, 2.24) is 14.9 Å². The molecular formula is C17H29N3. The predicted octanol–water partition coefficient (Wildman–Crippen LogP) is 3.62. The Kier molecular flexibility index (Phi) is 4.45. The fourth-order valence-corrected chi connectivity index (χ4v) is 3.71. The molecular weight excluding hydrogens is 246 g/mol. The van der Waals surface area contributed by atoms with Crippen LogP contribution in [-0.2, 0) is 19.5 Å². The molecule has 1 N–H and O–H groups in total. The summed E-state index contributed by atoms with van der Waals surface area (Å²) in [5, 5.41) is 3.48. The second kappa shape index (κ2) is 6.30. The van der Waals surface area contributed by atoms with Crippen LogP contribution in [0.1, 0.15) is 75.5 Å². The number of hydrogen-bond donors (Lipinski definition) is 1. The molecule has 112 valence electrons. The molecule has 2 aliphatic rings. The monoisotopic (exact) mass is 275 g/mol. The van der Waals surface area contributed by atoms with E-state index in [9.17, 15) is 0 Å². The lowest BCUT2D eigenvalue weighted by Gasteiger charge is -2.24. The molecule has 1 atom stereocenters. The van der Waals surface area contributed by atoms with E-state index >= 15 is 0 Å². The van der Waals surface area contributed by atoms with E-state index in [2.05, 4.69) is 23.7 Å². The molecule has 1 aliphatic heterocycles. The Bertz CT molecular complexity index is 443. The highest BCUT2D eigenvalue weighted by atomic mass is 15.1. The lowest BCUT2D eigenvalue weighted by atomic mass is 9.88. The standard InChI is InChI=1S/C17H29N3/c1-3-13(2)12-20-16-9-10-18-11-15(16)19-17(20)14-7-5-4-6-8-14/h13-14,18H,3-12H2,1-2H3. The van der Waals surface area contributed by atoms with Crippen LogP contribution in [0.15, 0.2) is 0 Å². The zero-order chi connectivity index (χ0) is 13.9. The smallest absolute Gasteiger partial charge is 0.112 e. The molecule has 0 amide bonds. The van der Waals surface area contributed by atoms with E-state index in [0.717, 1.165) is 31.3 Å². The van der Waals surface area contributed by atoms with Crippen LogP contribution in [0.2, 0.25) is 0 Å². The molecule has 0 aromatic carbocycles. The van der Waals surface area contributed by atoms with Crippen LogP contribution in [0.4, 0.5) is 0 Å².